The fourth-order valence-electron chi connectivity index (χ4n) is 1.87. The molecule has 3 heteroatoms. The second-order valence-electron chi connectivity index (χ2n) is 4.05. The van der Waals surface area contributed by atoms with Crippen molar-refractivity contribution in [3.8, 4) is 0 Å². The molecule has 1 aliphatic rings. The van der Waals surface area contributed by atoms with E-state index in [-0.39, 0.29) is 11.9 Å². The molecule has 1 aliphatic heterocycles. The largest absolute Gasteiger partial charge is 0.338 e. The molecule has 0 aliphatic carbocycles. The van der Waals surface area contributed by atoms with Crippen LogP contribution >= 0.6 is 0 Å². The number of carbonyl (C=O) groups is 1. The number of likely N-dealkylation sites (tertiary alicyclic amines) is 1. The van der Waals surface area contributed by atoms with Gasteiger partial charge in [0.05, 0.1) is 0 Å². The van der Waals surface area contributed by atoms with E-state index >= 15 is 0 Å². The van der Waals surface area contributed by atoms with Crippen LogP contribution in [0.25, 0.3) is 0 Å². The van der Waals surface area contributed by atoms with Gasteiger partial charge in [0, 0.05) is 25.6 Å². The van der Waals surface area contributed by atoms with Crippen LogP contribution in [-0.4, -0.2) is 23.4 Å². The van der Waals surface area contributed by atoms with Crippen molar-refractivity contribution >= 4 is 5.91 Å². The lowest BCUT2D eigenvalue weighted by Gasteiger charge is -2.30. The highest BCUT2D eigenvalue weighted by molar-refractivity contribution is 5.77. The molecule has 0 bridgehead atoms. The molecular formula is C12H16N2O. The zero-order valence-corrected chi connectivity index (χ0v) is 8.73. The lowest BCUT2D eigenvalue weighted by Crippen LogP contribution is -2.43. The van der Waals surface area contributed by atoms with Gasteiger partial charge in [-0.1, -0.05) is 30.3 Å². The molecule has 0 unspecified atom stereocenters. The van der Waals surface area contributed by atoms with Crippen LogP contribution in [0, 0.1) is 0 Å². The fourth-order valence-corrected chi connectivity index (χ4v) is 1.87. The van der Waals surface area contributed by atoms with Gasteiger partial charge in [0.15, 0.2) is 0 Å². The topological polar surface area (TPSA) is 46.3 Å². The molecule has 0 saturated carbocycles. The Hall–Kier alpha value is -1.35. The first-order valence-corrected chi connectivity index (χ1v) is 5.33. The lowest BCUT2D eigenvalue weighted by molar-refractivity contribution is -0.134. The van der Waals surface area contributed by atoms with Crippen LogP contribution in [0.5, 0.6) is 0 Å². The van der Waals surface area contributed by atoms with Gasteiger partial charge in [-0.25, -0.2) is 0 Å². The standard InChI is InChI=1S/C12H16N2O/c13-11-6-7-14(12(15)8-11)9-10-4-2-1-3-5-10/h1-5,11H,6-9,13H2/t11-/m1/s1. The molecule has 1 saturated heterocycles. The number of carbonyl (C=O) groups excluding carboxylic acids is 1. The normalized spacial score (nSPS) is 21.8. The highest BCUT2D eigenvalue weighted by Crippen LogP contribution is 2.13. The van der Waals surface area contributed by atoms with Crippen molar-refractivity contribution < 1.29 is 4.79 Å². The Morgan fingerprint density at radius 3 is 2.73 bits per heavy atom. The van der Waals surface area contributed by atoms with Crippen molar-refractivity contribution in [2.45, 2.75) is 25.4 Å². The predicted octanol–water partition coefficient (Wildman–Crippen LogP) is 1.14. The quantitative estimate of drug-likeness (QED) is 0.785. The zero-order valence-electron chi connectivity index (χ0n) is 8.73. The second-order valence-corrected chi connectivity index (χ2v) is 4.05. The van der Waals surface area contributed by atoms with Gasteiger partial charge in [-0.2, -0.15) is 0 Å². The number of nitrogens with two attached hydrogens (primary N) is 1. The van der Waals surface area contributed by atoms with Gasteiger partial charge in [-0.3, -0.25) is 4.79 Å². The van der Waals surface area contributed by atoms with Gasteiger partial charge in [0.1, 0.15) is 0 Å². The molecule has 3 nitrogen and oxygen atoms in total. The number of benzene rings is 1. The number of rotatable bonds is 2. The summed E-state index contributed by atoms with van der Waals surface area (Å²) in [5.74, 6) is 0.178. The summed E-state index contributed by atoms with van der Waals surface area (Å²) < 4.78 is 0. The van der Waals surface area contributed by atoms with Crippen LogP contribution in [0.4, 0.5) is 0 Å². The van der Waals surface area contributed by atoms with Gasteiger partial charge in [-0.05, 0) is 12.0 Å². The average molecular weight is 204 g/mol. The van der Waals surface area contributed by atoms with Crippen molar-refractivity contribution in [2.75, 3.05) is 6.54 Å². The van der Waals surface area contributed by atoms with Crippen LogP contribution in [-0.2, 0) is 11.3 Å². The van der Waals surface area contributed by atoms with Crippen LogP contribution in [0.2, 0.25) is 0 Å². The Balaban J connectivity index is 1.98. The molecule has 1 heterocycles. The van der Waals surface area contributed by atoms with Gasteiger partial charge in [0.2, 0.25) is 5.91 Å². The molecule has 0 spiro atoms. The third kappa shape index (κ3) is 2.57. The number of amides is 1. The van der Waals surface area contributed by atoms with E-state index in [0.29, 0.717) is 13.0 Å². The number of hydrogen-bond donors (Lipinski definition) is 1. The zero-order chi connectivity index (χ0) is 10.7. The maximum Gasteiger partial charge on any atom is 0.224 e. The van der Waals surface area contributed by atoms with Crippen LogP contribution in [0.15, 0.2) is 30.3 Å². The first-order valence-electron chi connectivity index (χ1n) is 5.33. The molecule has 2 rings (SSSR count). The maximum atomic E-state index is 11.7. The Kier molecular flexibility index (Phi) is 3.02. The Bertz CT molecular complexity index is 337. The summed E-state index contributed by atoms with van der Waals surface area (Å²) in [6, 6.07) is 10.1. The van der Waals surface area contributed by atoms with Gasteiger partial charge in [0.25, 0.3) is 0 Å². The minimum Gasteiger partial charge on any atom is -0.338 e. The van der Waals surface area contributed by atoms with Crippen molar-refractivity contribution in [1.29, 1.82) is 0 Å². The summed E-state index contributed by atoms with van der Waals surface area (Å²) >= 11 is 0. The molecular weight excluding hydrogens is 188 g/mol. The number of piperidine rings is 1. The molecule has 1 fully saturated rings. The summed E-state index contributed by atoms with van der Waals surface area (Å²) in [4.78, 5) is 13.5. The van der Waals surface area contributed by atoms with E-state index in [2.05, 4.69) is 0 Å². The Labute approximate surface area is 89.9 Å². The van der Waals surface area contributed by atoms with Crippen LogP contribution < -0.4 is 5.73 Å². The molecule has 80 valence electrons. The lowest BCUT2D eigenvalue weighted by atomic mass is 10.0. The van der Waals surface area contributed by atoms with Crippen molar-refractivity contribution in [3.05, 3.63) is 35.9 Å². The molecule has 1 aromatic carbocycles. The average Bonchev–Trinajstić information content (AvgIpc) is 2.24. The van der Waals surface area contributed by atoms with E-state index in [1.807, 2.05) is 35.2 Å². The maximum absolute atomic E-state index is 11.7. The first kappa shape index (κ1) is 10.2. The van der Waals surface area contributed by atoms with E-state index in [1.165, 1.54) is 5.56 Å². The van der Waals surface area contributed by atoms with Gasteiger partial charge in [-0.15, -0.1) is 0 Å². The molecule has 0 aromatic heterocycles. The van der Waals surface area contributed by atoms with E-state index in [9.17, 15) is 4.79 Å². The third-order valence-corrected chi connectivity index (χ3v) is 2.78. The first-order chi connectivity index (χ1) is 7.25. The fraction of sp³-hybridized carbons (Fsp3) is 0.417. The molecule has 0 radical (unpaired) electrons. The summed E-state index contributed by atoms with van der Waals surface area (Å²) in [6.45, 7) is 1.50. The molecule has 1 amide bonds. The van der Waals surface area contributed by atoms with Crippen LogP contribution in [0.3, 0.4) is 0 Å². The van der Waals surface area contributed by atoms with Crippen molar-refractivity contribution in [1.82, 2.24) is 4.90 Å². The van der Waals surface area contributed by atoms with E-state index in [1.54, 1.807) is 0 Å². The van der Waals surface area contributed by atoms with Gasteiger partial charge >= 0.3 is 0 Å². The monoisotopic (exact) mass is 204 g/mol. The summed E-state index contributed by atoms with van der Waals surface area (Å²) in [7, 11) is 0. The third-order valence-electron chi connectivity index (χ3n) is 2.78. The Morgan fingerprint density at radius 1 is 1.33 bits per heavy atom. The van der Waals surface area contributed by atoms with Gasteiger partial charge < -0.3 is 10.6 Å². The Morgan fingerprint density at radius 2 is 2.07 bits per heavy atom. The summed E-state index contributed by atoms with van der Waals surface area (Å²) in [5, 5.41) is 0. The predicted molar refractivity (Wildman–Crippen MR) is 59.1 cm³/mol. The van der Waals surface area contributed by atoms with E-state index in [0.717, 1.165) is 13.0 Å². The minimum atomic E-state index is 0.0597. The highest BCUT2D eigenvalue weighted by atomic mass is 16.2. The summed E-state index contributed by atoms with van der Waals surface area (Å²) in [6.07, 6.45) is 1.41. The smallest absolute Gasteiger partial charge is 0.224 e. The van der Waals surface area contributed by atoms with Crippen molar-refractivity contribution in [3.63, 3.8) is 0 Å². The SMILES string of the molecule is N[C@@H]1CCN(Cc2ccccc2)C(=O)C1. The summed E-state index contributed by atoms with van der Waals surface area (Å²) in [5.41, 5.74) is 6.92. The van der Waals surface area contributed by atoms with Crippen LogP contribution in [0.1, 0.15) is 18.4 Å². The van der Waals surface area contributed by atoms with Crippen molar-refractivity contribution in [2.24, 2.45) is 5.73 Å². The molecule has 1 aromatic rings. The van der Waals surface area contributed by atoms with E-state index < -0.39 is 0 Å². The van der Waals surface area contributed by atoms with E-state index in [4.69, 9.17) is 5.73 Å². The highest BCUT2D eigenvalue weighted by Gasteiger charge is 2.22. The molecule has 1 atom stereocenters. The number of nitrogens with zero attached hydrogens (tertiary/aromatic N) is 1. The minimum absolute atomic E-state index is 0.0597. The molecule has 2 N–H and O–H groups in total. The molecule has 15 heavy (non-hydrogen) atoms. The number of hydrogen-bond acceptors (Lipinski definition) is 2. The second kappa shape index (κ2) is 4.45.